The van der Waals surface area contributed by atoms with Crippen molar-refractivity contribution in [3.63, 3.8) is 0 Å². The molecule has 0 saturated heterocycles. The quantitative estimate of drug-likeness (QED) is 0.826. The van der Waals surface area contributed by atoms with Gasteiger partial charge in [-0.25, -0.2) is 4.98 Å². The highest BCUT2D eigenvalue weighted by atomic mass is 35.5. The molecular weight excluding hydrogens is 240 g/mol. The van der Waals surface area contributed by atoms with Crippen molar-refractivity contribution in [3.05, 3.63) is 17.3 Å². The predicted molar refractivity (Wildman–Crippen MR) is 67.4 cm³/mol. The number of carbonyl (C=O) groups excluding carboxylic acids is 1. The molecule has 96 valence electrons. The minimum absolute atomic E-state index is 0.0525. The zero-order valence-electron chi connectivity index (χ0n) is 10.7. The molecule has 1 N–H and O–H groups in total. The van der Waals surface area contributed by atoms with Gasteiger partial charge in [0, 0.05) is 13.5 Å². The predicted octanol–water partition coefficient (Wildman–Crippen LogP) is 2.67. The number of carbonyl (C=O) groups is 1. The molecule has 0 fully saturated rings. The third kappa shape index (κ3) is 4.38. The number of aryl methyl sites for hydroxylation is 2. The lowest BCUT2D eigenvalue weighted by Crippen LogP contribution is -2.30. The lowest BCUT2D eigenvalue weighted by molar-refractivity contribution is 0.0923. The van der Waals surface area contributed by atoms with Crippen molar-refractivity contribution in [1.29, 1.82) is 0 Å². The van der Waals surface area contributed by atoms with Crippen LogP contribution in [-0.4, -0.2) is 22.8 Å². The molecule has 1 unspecified atom stereocenters. The van der Waals surface area contributed by atoms with E-state index in [2.05, 4.69) is 24.1 Å². The Morgan fingerprint density at radius 2 is 2.12 bits per heavy atom. The molecule has 0 spiro atoms. The Balaban J connectivity index is 2.47. The summed E-state index contributed by atoms with van der Waals surface area (Å²) in [6.45, 7) is 8.10. The number of rotatable bonds is 5. The molecular formula is C12H19ClN2O2. The molecule has 0 aromatic carbocycles. The smallest absolute Gasteiger partial charge is 0.289 e. The molecule has 1 heterocycles. The Hall–Kier alpha value is -1.03. The summed E-state index contributed by atoms with van der Waals surface area (Å²) in [6.07, 6.45) is 0.871. The SMILES string of the molecule is Cc1nc(C)c(C(=O)NCC(Cl)CC(C)C)o1. The monoisotopic (exact) mass is 258 g/mol. The van der Waals surface area contributed by atoms with E-state index in [1.165, 1.54) is 0 Å². The van der Waals surface area contributed by atoms with Crippen LogP contribution in [0.4, 0.5) is 0 Å². The van der Waals surface area contributed by atoms with E-state index < -0.39 is 0 Å². The van der Waals surface area contributed by atoms with Gasteiger partial charge in [-0.05, 0) is 19.3 Å². The zero-order valence-corrected chi connectivity index (χ0v) is 11.5. The lowest BCUT2D eigenvalue weighted by Gasteiger charge is -2.12. The van der Waals surface area contributed by atoms with E-state index in [0.29, 0.717) is 24.0 Å². The molecule has 1 amide bonds. The molecule has 0 saturated carbocycles. The average molecular weight is 259 g/mol. The van der Waals surface area contributed by atoms with Crippen molar-refractivity contribution in [2.75, 3.05) is 6.54 Å². The van der Waals surface area contributed by atoms with Crippen LogP contribution in [0.5, 0.6) is 0 Å². The topological polar surface area (TPSA) is 55.1 Å². The molecule has 5 heteroatoms. The number of hydrogen-bond acceptors (Lipinski definition) is 3. The molecule has 17 heavy (non-hydrogen) atoms. The first kappa shape index (κ1) is 14.0. The second-order valence-corrected chi connectivity index (χ2v) is 5.20. The Kier molecular flexibility index (Phi) is 5.00. The zero-order chi connectivity index (χ0) is 13.0. The van der Waals surface area contributed by atoms with Crippen molar-refractivity contribution in [2.45, 2.75) is 39.5 Å². The first-order valence-electron chi connectivity index (χ1n) is 5.76. The number of halogens is 1. The molecule has 0 aliphatic heterocycles. The van der Waals surface area contributed by atoms with Gasteiger partial charge >= 0.3 is 0 Å². The van der Waals surface area contributed by atoms with Gasteiger partial charge in [0.2, 0.25) is 5.76 Å². The summed E-state index contributed by atoms with van der Waals surface area (Å²) in [5.41, 5.74) is 0.606. The summed E-state index contributed by atoms with van der Waals surface area (Å²) in [5, 5.41) is 2.70. The van der Waals surface area contributed by atoms with E-state index in [1.54, 1.807) is 13.8 Å². The maximum Gasteiger partial charge on any atom is 0.289 e. The van der Waals surface area contributed by atoms with Gasteiger partial charge in [-0.15, -0.1) is 11.6 Å². The van der Waals surface area contributed by atoms with Crippen molar-refractivity contribution in [3.8, 4) is 0 Å². The molecule has 0 radical (unpaired) electrons. The van der Waals surface area contributed by atoms with Crippen LogP contribution >= 0.6 is 11.6 Å². The fourth-order valence-corrected chi connectivity index (χ4v) is 2.05. The van der Waals surface area contributed by atoms with E-state index in [1.807, 2.05) is 0 Å². The van der Waals surface area contributed by atoms with Gasteiger partial charge in [0.1, 0.15) is 0 Å². The number of nitrogens with zero attached hydrogens (tertiary/aromatic N) is 1. The highest BCUT2D eigenvalue weighted by Crippen LogP contribution is 2.11. The van der Waals surface area contributed by atoms with Crippen LogP contribution in [0.1, 0.15) is 42.4 Å². The van der Waals surface area contributed by atoms with E-state index in [9.17, 15) is 4.79 Å². The van der Waals surface area contributed by atoms with Gasteiger partial charge < -0.3 is 9.73 Å². The van der Waals surface area contributed by atoms with Crippen molar-refractivity contribution < 1.29 is 9.21 Å². The second-order valence-electron chi connectivity index (χ2n) is 4.58. The first-order valence-corrected chi connectivity index (χ1v) is 6.20. The number of amides is 1. The van der Waals surface area contributed by atoms with E-state index in [0.717, 1.165) is 6.42 Å². The van der Waals surface area contributed by atoms with Crippen LogP contribution < -0.4 is 5.32 Å². The summed E-state index contributed by atoms with van der Waals surface area (Å²) in [7, 11) is 0. The van der Waals surface area contributed by atoms with E-state index in [4.69, 9.17) is 16.0 Å². The molecule has 1 aromatic rings. The Bertz CT molecular complexity index is 388. The summed E-state index contributed by atoms with van der Waals surface area (Å²) in [6, 6.07) is 0. The molecule has 0 bridgehead atoms. The highest BCUT2D eigenvalue weighted by Gasteiger charge is 2.17. The van der Waals surface area contributed by atoms with Crippen LogP contribution in [0.2, 0.25) is 0 Å². The minimum atomic E-state index is -0.252. The van der Waals surface area contributed by atoms with Crippen LogP contribution in [0.25, 0.3) is 0 Å². The largest absolute Gasteiger partial charge is 0.436 e. The van der Waals surface area contributed by atoms with Gasteiger partial charge in [-0.3, -0.25) is 4.79 Å². The van der Waals surface area contributed by atoms with Gasteiger partial charge in [0.15, 0.2) is 5.89 Å². The van der Waals surface area contributed by atoms with E-state index >= 15 is 0 Å². The molecule has 1 aromatic heterocycles. The summed E-state index contributed by atoms with van der Waals surface area (Å²) in [4.78, 5) is 15.8. The van der Waals surface area contributed by atoms with Gasteiger partial charge in [-0.2, -0.15) is 0 Å². The third-order valence-corrected chi connectivity index (χ3v) is 2.65. The highest BCUT2D eigenvalue weighted by molar-refractivity contribution is 6.20. The average Bonchev–Trinajstić information content (AvgIpc) is 2.53. The number of oxazole rings is 1. The van der Waals surface area contributed by atoms with Gasteiger partial charge in [-0.1, -0.05) is 13.8 Å². The van der Waals surface area contributed by atoms with Crippen molar-refractivity contribution >= 4 is 17.5 Å². The van der Waals surface area contributed by atoms with Gasteiger partial charge in [0.05, 0.1) is 11.1 Å². The number of nitrogens with one attached hydrogen (secondary N) is 1. The lowest BCUT2D eigenvalue weighted by atomic mass is 10.1. The van der Waals surface area contributed by atoms with Gasteiger partial charge in [0.25, 0.3) is 5.91 Å². The van der Waals surface area contributed by atoms with Crippen LogP contribution in [0, 0.1) is 19.8 Å². The Labute approximate surface area is 107 Å². The fourth-order valence-electron chi connectivity index (χ4n) is 1.62. The standard InChI is InChI=1S/C12H19ClN2O2/c1-7(2)5-10(13)6-14-12(16)11-8(3)15-9(4)17-11/h7,10H,5-6H2,1-4H3,(H,14,16). The molecule has 1 rings (SSSR count). The van der Waals surface area contributed by atoms with Crippen LogP contribution in [0.15, 0.2) is 4.42 Å². The maximum absolute atomic E-state index is 11.8. The second kappa shape index (κ2) is 6.05. The van der Waals surface area contributed by atoms with Crippen LogP contribution in [0.3, 0.4) is 0 Å². The Morgan fingerprint density at radius 3 is 2.59 bits per heavy atom. The summed E-state index contributed by atoms with van der Waals surface area (Å²) in [5.74, 6) is 1.04. The maximum atomic E-state index is 11.8. The Morgan fingerprint density at radius 1 is 1.47 bits per heavy atom. The summed E-state index contributed by atoms with van der Waals surface area (Å²) < 4.78 is 5.22. The van der Waals surface area contributed by atoms with Crippen molar-refractivity contribution in [2.24, 2.45) is 5.92 Å². The number of aromatic nitrogens is 1. The number of alkyl halides is 1. The number of hydrogen-bond donors (Lipinski definition) is 1. The molecule has 0 aliphatic rings. The molecule has 1 atom stereocenters. The minimum Gasteiger partial charge on any atom is -0.436 e. The summed E-state index contributed by atoms with van der Waals surface area (Å²) >= 11 is 6.09. The molecule has 0 aliphatic carbocycles. The van der Waals surface area contributed by atoms with E-state index in [-0.39, 0.29) is 17.0 Å². The van der Waals surface area contributed by atoms with Crippen molar-refractivity contribution in [1.82, 2.24) is 10.3 Å². The normalized spacial score (nSPS) is 12.8. The molecule has 4 nitrogen and oxygen atoms in total. The van der Waals surface area contributed by atoms with Crippen LogP contribution in [-0.2, 0) is 0 Å². The first-order chi connectivity index (χ1) is 7.90. The third-order valence-electron chi connectivity index (χ3n) is 2.32. The fraction of sp³-hybridized carbons (Fsp3) is 0.667.